The molecule has 2 aliphatic carbocycles. The largest absolute Gasteiger partial charge is 0.393 e. The summed E-state index contributed by atoms with van der Waals surface area (Å²) in [4.78, 5) is 0. The van der Waals surface area contributed by atoms with E-state index in [1.807, 2.05) is 18.2 Å². The highest BCUT2D eigenvalue weighted by molar-refractivity contribution is 5.13. The number of aliphatic hydroxyl groups is 1. The average molecular weight is 218 g/mol. The van der Waals surface area contributed by atoms with Gasteiger partial charge in [-0.1, -0.05) is 30.3 Å². The number of aliphatic hydroxyl groups excluding tert-OH is 1. The highest BCUT2D eigenvalue weighted by Crippen LogP contribution is 2.55. The molecule has 1 aromatic rings. The van der Waals surface area contributed by atoms with Gasteiger partial charge in [0.2, 0.25) is 0 Å². The van der Waals surface area contributed by atoms with Crippen LogP contribution in [0.5, 0.6) is 0 Å². The van der Waals surface area contributed by atoms with Crippen LogP contribution in [-0.2, 0) is 11.3 Å². The molecule has 0 radical (unpaired) electrons. The van der Waals surface area contributed by atoms with Crippen LogP contribution in [0.15, 0.2) is 30.3 Å². The lowest BCUT2D eigenvalue weighted by Crippen LogP contribution is -2.13. The molecule has 0 amide bonds. The van der Waals surface area contributed by atoms with E-state index < -0.39 is 0 Å². The van der Waals surface area contributed by atoms with Gasteiger partial charge in [0.05, 0.1) is 19.3 Å². The van der Waals surface area contributed by atoms with Crippen molar-refractivity contribution < 1.29 is 9.84 Å². The number of hydrogen-bond donors (Lipinski definition) is 1. The zero-order chi connectivity index (χ0) is 11.0. The molecule has 4 atom stereocenters. The van der Waals surface area contributed by atoms with E-state index in [2.05, 4.69) is 12.1 Å². The molecule has 0 saturated heterocycles. The highest BCUT2D eigenvalue weighted by Gasteiger charge is 2.53. The van der Waals surface area contributed by atoms with E-state index in [0.29, 0.717) is 18.4 Å². The molecule has 2 aliphatic rings. The second kappa shape index (κ2) is 4.19. The van der Waals surface area contributed by atoms with Crippen molar-refractivity contribution in [3.63, 3.8) is 0 Å². The van der Waals surface area contributed by atoms with Crippen LogP contribution >= 0.6 is 0 Å². The molecule has 0 heterocycles. The SMILES string of the molecule is O[C@H]1C[C@@H](COCc2ccccc2)[C@H]2C[C@H]21. The van der Waals surface area contributed by atoms with Crippen LogP contribution in [0.25, 0.3) is 0 Å². The van der Waals surface area contributed by atoms with Crippen LogP contribution in [0.2, 0.25) is 0 Å². The highest BCUT2D eigenvalue weighted by atomic mass is 16.5. The Morgan fingerprint density at radius 1 is 1.12 bits per heavy atom. The topological polar surface area (TPSA) is 29.5 Å². The summed E-state index contributed by atoms with van der Waals surface area (Å²) in [6, 6.07) is 10.3. The van der Waals surface area contributed by atoms with Crippen molar-refractivity contribution in [1.29, 1.82) is 0 Å². The van der Waals surface area contributed by atoms with E-state index in [1.165, 1.54) is 12.0 Å². The molecular weight excluding hydrogens is 200 g/mol. The maximum atomic E-state index is 9.67. The van der Waals surface area contributed by atoms with E-state index in [4.69, 9.17) is 4.74 Å². The minimum atomic E-state index is -0.0460. The fourth-order valence-electron chi connectivity index (χ4n) is 2.97. The van der Waals surface area contributed by atoms with Crippen LogP contribution < -0.4 is 0 Å². The standard InChI is InChI=1S/C14H18O2/c15-14-6-11(12-7-13(12)14)9-16-8-10-4-2-1-3-5-10/h1-5,11-15H,6-9H2/t11-,12+,13+,14-/m0/s1. The van der Waals surface area contributed by atoms with Gasteiger partial charge in [0.15, 0.2) is 0 Å². The lowest BCUT2D eigenvalue weighted by Gasteiger charge is -2.13. The first-order chi connectivity index (χ1) is 7.84. The van der Waals surface area contributed by atoms with Gasteiger partial charge in [0.25, 0.3) is 0 Å². The van der Waals surface area contributed by atoms with Crippen LogP contribution in [-0.4, -0.2) is 17.8 Å². The molecule has 2 saturated carbocycles. The Hall–Kier alpha value is -0.860. The van der Waals surface area contributed by atoms with E-state index in [-0.39, 0.29) is 6.10 Å². The maximum absolute atomic E-state index is 9.67. The number of rotatable bonds is 4. The van der Waals surface area contributed by atoms with Gasteiger partial charge < -0.3 is 9.84 Å². The number of benzene rings is 1. The minimum Gasteiger partial charge on any atom is -0.393 e. The lowest BCUT2D eigenvalue weighted by atomic mass is 10.0. The third kappa shape index (κ3) is 2.00. The van der Waals surface area contributed by atoms with Crippen molar-refractivity contribution in [3.05, 3.63) is 35.9 Å². The molecule has 0 unspecified atom stereocenters. The van der Waals surface area contributed by atoms with Gasteiger partial charge in [-0.3, -0.25) is 0 Å². The molecule has 1 N–H and O–H groups in total. The van der Waals surface area contributed by atoms with E-state index in [9.17, 15) is 5.11 Å². The van der Waals surface area contributed by atoms with Crippen molar-refractivity contribution in [2.24, 2.45) is 17.8 Å². The molecule has 2 heteroatoms. The van der Waals surface area contributed by atoms with Gasteiger partial charge in [-0.25, -0.2) is 0 Å². The summed E-state index contributed by atoms with van der Waals surface area (Å²) in [5.74, 6) is 1.96. The van der Waals surface area contributed by atoms with E-state index in [0.717, 1.165) is 18.9 Å². The number of hydrogen-bond acceptors (Lipinski definition) is 2. The molecule has 1 aromatic carbocycles. The summed E-state index contributed by atoms with van der Waals surface area (Å²) in [5.41, 5.74) is 1.23. The third-order valence-corrected chi connectivity index (χ3v) is 3.98. The first kappa shape index (κ1) is 10.3. The second-order valence-electron chi connectivity index (χ2n) is 5.13. The predicted molar refractivity (Wildman–Crippen MR) is 61.8 cm³/mol. The zero-order valence-electron chi connectivity index (χ0n) is 9.38. The lowest BCUT2D eigenvalue weighted by molar-refractivity contribution is 0.0707. The summed E-state index contributed by atoms with van der Waals surface area (Å²) in [6.07, 6.45) is 2.13. The van der Waals surface area contributed by atoms with Gasteiger partial charge in [0, 0.05) is 0 Å². The van der Waals surface area contributed by atoms with Crippen molar-refractivity contribution in [2.75, 3.05) is 6.61 Å². The van der Waals surface area contributed by atoms with Gasteiger partial charge in [0.1, 0.15) is 0 Å². The Balaban J connectivity index is 1.44. The Morgan fingerprint density at radius 3 is 2.56 bits per heavy atom. The molecule has 2 fully saturated rings. The molecule has 0 aromatic heterocycles. The molecule has 2 nitrogen and oxygen atoms in total. The Labute approximate surface area is 96.2 Å². The number of ether oxygens (including phenoxy) is 1. The fourth-order valence-corrected chi connectivity index (χ4v) is 2.97. The summed E-state index contributed by atoms with van der Waals surface area (Å²) in [5, 5.41) is 9.67. The van der Waals surface area contributed by atoms with Gasteiger partial charge in [-0.05, 0) is 36.2 Å². The Kier molecular flexibility index (Phi) is 2.70. The molecule has 86 valence electrons. The molecule has 3 rings (SSSR count). The Morgan fingerprint density at radius 2 is 1.94 bits per heavy atom. The van der Waals surface area contributed by atoms with Crippen molar-refractivity contribution in [1.82, 2.24) is 0 Å². The zero-order valence-corrected chi connectivity index (χ0v) is 9.38. The normalized spacial score (nSPS) is 36.1. The van der Waals surface area contributed by atoms with Crippen molar-refractivity contribution in [3.8, 4) is 0 Å². The van der Waals surface area contributed by atoms with E-state index in [1.54, 1.807) is 0 Å². The van der Waals surface area contributed by atoms with Gasteiger partial charge in [-0.15, -0.1) is 0 Å². The van der Waals surface area contributed by atoms with Crippen LogP contribution in [0.1, 0.15) is 18.4 Å². The summed E-state index contributed by atoms with van der Waals surface area (Å²) < 4.78 is 5.74. The van der Waals surface area contributed by atoms with Crippen LogP contribution in [0.4, 0.5) is 0 Å². The third-order valence-electron chi connectivity index (χ3n) is 3.98. The quantitative estimate of drug-likeness (QED) is 0.839. The maximum Gasteiger partial charge on any atom is 0.0717 e. The second-order valence-corrected chi connectivity index (χ2v) is 5.13. The Bertz CT molecular complexity index is 349. The van der Waals surface area contributed by atoms with Gasteiger partial charge >= 0.3 is 0 Å². The van der Waals surface area contributed by atoms with Crippen LogP contribution in [0, 0.1) is 17.8 Å². The van der Waals surface area contributed by atoms with Gasteiger partial charge in [-0.2, -0.15) is 0 Å². The van der Waals surface area contributed by atoms with Crippen molar-refractivity contribution >= 4 is 0 Å². The molecule has 16 heavy (non-hydrogen) atoms. The monoisotopic (exact) mass is 218 g/mol. The molecule has 0 aliphatic heterocycles. The first-order valence-corrected chi connectivity index (χ1v) is 6.14. The summed E-state index contributed by atoms with van der Waals surface area (Å²) >= 11 is 0. The first-order valence-electron chi connectivity index (χ1n) is 6.14. The predicted octanol–water partition coefficient (Wildman–Crippen LogP) is 2.22. The van der Waals surface area contributed by atoms with Crippen LogP contribution in [0.3, 0.4) is 0 Å². The van der Waals surface area contributed by atoms with Crippen molar-refractivity contribution in [2.45, 2.75) is 25.6 Å². The number of fused-ring (bicyclic) bond motifs is 1. The fraction of sp³-hybridized carbons (Fsp3) is 0.571. The molecule has 0 spiro atoms. The average Bonchev–Trinajstić information content (AvgIpc) is 3.03. The summed E-state index contributed by atoms with van der Waals surface area (Å²) in [6.45, 7) is 1.51. The van der Waals surface area contributed by atoms with E-state index >= 15 is 0 Å². The summed E-state index contributed by atoms with van der Waals surface area (Å²) in [7, 11) is 0. The smallest absolute Gasteiger partial charge is 0.0717 e. The molecule has 0 bridgehead atoms. The molecular formula is C14H18O2. The minimum absolute atomic E-state index is 0.0460.